The van der Waals surface area contributed by atoms with Crippen LogP contribution >= 0.6 is 23.2 Å². The van der Waals surface area contributed by atoms with E-state index < -0.39 is 22.0 Å². The van der Waals surface area contributed by atoms with Gasteiger partial charge in [-0.2, -0.15) is 4.72 Å². The third-order valence-electron chi connectivity index (χ3n) is 3.63. The number of amides is 1. The van der Waals surface area contributed by atoms with Crippen molar-refractivity contribution in [1.29, 1.82) is 0 Å². The number of carbonyl (C=O) groups is 1. The minimum atomic E-state index is -4.03. The average Bonchev–Trinajstić information content (AvgIpc) is 2.61. The van der Waals surface area contributed by atoms with Crippen molar-refractivity contribution in [1.82, 2.24) is 10.0 Å². The van der Waals surface area contributed by atoms with Gasteiger partial charge in [0.05, 0.1) is 5.02 Å². The van der Waals surface area contributed by atoms with Crippen LogP contribution in [0.1, 0.15) is 18.9 Å². The van der Waals surface area contributed by atoms with Crippen LogP contribution in [0, 0.1) is 0 Å². The van der Waals surface area contributed by atoms with E-state index in [0.29, 0.717) is 6.54 Å². The largest absolute Gasteiger partial charge is 0.355 e. The summed E-state index contributed by atoms with van der Waals surface area (Å²) >= 11 is 11.9. The van der Waals surface area contributed by atoms with Crippen LogP contribution in [-0.2, 0) is 21.2 Å². The van der Waals surface area contributed by atoms with Crippen molar-refractivity contribution in [2.24, 2.45) is 0 Å². The van der Waals surface area contributed by atoms with E-state index in [1.54, 1.807) is 0 Å². The number of rotatable bonds is 8. The highest BCUT2D eigenvalue weighted by molar-refractivity contribution is 7.89. The molecule has 2 N–H and O–H groups in total. The minimum absolute atomic E-state index is 0.0364. The summed E-state index contributed by atoms with van der Waals surface area (Å²) in [5.41, 5.74) is 0.837. The zero-order chi connectivity index (χ0) is 19.2. The van der Waals surface area contributed by atoms with Crippen molar-refractivity contribution in [3.63, 3.8) is 0 Å². The van der Waals surface area contributed by atoms with E-state index in [0.717, 1.165) is 12.0 Å². The predicted octanol–water partition coefficient (Wildman–Crippen LogP) is 3.41. The van der Waals surface area contributed by atoms with E-state index in [4.69, 9.17) is 23.2 Å². The lowest BCUT2D eigenvalue weighted by molar-refractivity contribution is -0.122. The summed E-state index contributed by atoms with van der Waals surface area (Å²) in [5.74, 6) is -0.391. The number of benzene rings is 2. The maximum atomic E-state index is 12.7. The van der Waals surface area contributed by atoms with E-state index in [2.05, 4.69) is 10.0 Å². The number of hydrogen-bond acceptors (Lipinski definition) is 3. The smallest absolute Gasteiger partial charge is 0.242 e. The number of sulfonamides is 1. The van der Waals surface area contributed by atoms with Gasteiger partial charge in [0.25, 0.3) is 0 Å². The average molecular weight is 415 g/mol. The lowest BCUT2D eigenvalue weighted by Crippen LogP contribution is -2.48. The van der Waals surface area contributed by atoms with Gasteiger partial charge in [0.1, 0.15) is 10.9 Å². The molecule has 0 heterocycles. The first-order chi connectivity index (χ1) is 12.3. The third-order valence-corrected chi connectivity index (χ3v) is 5.82. The van der Waals surface area contributed by atoms with Gasteiger partial charge in [0.2, 0.25) is 15.9 Å². The first-order valence-electron chi connectivity index (χ1n) is 8.12. The quantitative estimate of drug-likeness (QED) is 0.694. The molecule has 0 bridgehead atoms. The zero-order valence-electron chi connectivity index (χ0n) is 14.2. The lowest BCUT2D eigenvalue weighted by atomic mass is 10.1. The van der Waals surface area contributed by atoms with Crippen LogP contribution in [0.25, 0.3) is 0 Å². The Balaban J connectivity index is 2.29. The van der Waals surface area contributed by atoms with Crippen LogP contribution in [0.5, 0.6) is 0 Å². The zero-order valence-corrected chi connectivity index (χ0v) is 16.5. The molecule has 1 atom stereocenters. The van der Waals surface area contributed by atoms with Crippen molar-refractivity contribution in [2.75, 3.05) is 6.54 Å². The molecule has 5 nitrogen and oxygen atoms in total. The predicted molar refractivity (Wildman–Crippen MR) is 104 cm³/mol. The van der Waals surface area contributed by atoms with Gasteiger partial charge >= 0.3 is 0 Å². The molecule has 0 unspecified atom stereocenters. The van der Waals surface area contributed by atoms with E-state index in [1.165, 1.54) is 18.2 Å². The molecule has 0 fully saturated rings. The molecule has 0 aliphatic rings. The van der Waals surface area contributed by atoms with Crippen molar-refractivity contribution in [3.8, 4) is 0 Å². The molecule has 2 aromatic carbocycles. The Kier molecular flexibility index (Phi) is 7.46. The van der Waals surface area contributed by atoms with Crippen LogP contribution < -0.4 is 10.0 Å². The summed E-state index contributed by atoms with van der Waals surface area (Å²) < 4.78 is 28.0. The molecule has 0 radical (unpaired) electrons. The number of halogens is 2. The Bertz CT molecular complexity index is 858. The third kappa shape index (κ3) is 5.71. The molecule has 0 spiro atoms. The molecule has 1 amide bonds. The van der Waals surface area contributed by atoms with Crippen LogP contribution in [0.2, 0.25) is 10.0 Å². The van der Waals surface area contributed by atoms with Crippen molar-refractivity contribution < 1.29 is 13.2 Å². The standard InChI is InChI=1S/C18H20Cl2N2O3S/c1-2-10-21-18(23)16(11-13-6-4-3-5-7-13)22-26(24,25)17-12-14(19)8-9-15(17)20/h3-9,12,16,22H,2,10-11H2,1H3,(H,21,23)/t16-/m1/s1. The Morgan fingerprint density at radius 1 is 1.12 bits per heavy atom. The minimum Gasteiger partial charge on any atom is -0.355 e. The number of hydrogen-bond donors (Lipinski definition) is 2. The van der Waals surface area contributed by atoms with Crippen LogP contribution in [0.15, 0.2) is 53.4 Å². The van der Waals surface area contributed by atoms with E-state index in [-0.39, 0.29) is 21.4 Å². The molecule has 0 aliphatic heterocycles. The topological polar surface area (TPSA) is 75.3 Å². The highest BCUT2D eigenvalue weighted by Crippen LogP contribution is 2.25. The Labute approximate surface area is 163 Å². The molecule has 140 valence electrons. The second-order valence-electron chi connectivity index (χ2n) is 5.73. The fourth-order valence-corrected chi connectivity index (χ4v) is 4.30. The molecule has 2 rings (SSSR count). The highest BCUT2D eigenvalue weighted by atomic mass is 35.5. The van der Waals surface area contributed by atoms with Crippen molar-refractivity contribution in [2.45, 2.75) is 30.7 Å². The van der Waals surface area contributed by atoms with Crippen LogP contribution in [0.4, 0.5) is 0 Å². The van der Waals surface area contributed by atoms with Crippen LogP contribution in [-0.4, -0.2) is 26.9 Å². The summed E-state index contributed by atoms with van der Waals surface area (Å²) in [5, 5.41) is 3.00. The lowest BCUT2D eigenvalue weighted by Gasteiger charge is -2.19. The normalized spacial score (nSPS) is 12.6. The molecule has 0 aliphatic carbocycles. The second-order valence-corrected chi connectivity index (χ2v) is 8.26. The maximum Gasteiger partial charge on any atom is 0.242 e. The van der Waals surface area contributed by atoms with Gasteiger partial charge in [-0.3, -0.25) is 4.79 Å². The molecule has 26 heavy (non-hydrogen) atoms. The maximum absolute atomic E-state index is 12.7. The van der Waals surface area contributed by atoms with Crippen molar-refractivity contribution >= 4 is 39.1 Å². The Hall–Kier alpha value is -1.60. The summed E-state index contributed by atoms with van der Waals surface area (Å²) in [4.78, 5) is 12.3. The summed E-state index contributed by atoms with van der Waals surface area (Å²) in [6.07, 6.45) is 0.963. The van der Waals surface area contributed by atoms with E-state index in [1.807, 2.05) is 37.3 Å². The monoisotopic (exact) mass is 414 g/mol. The molecule has 0 saturated heterocycles. The molecule has 0 saturated carbocycles. The Morgan fingerprint density at radius 2 is 1.81 bits per heavy atom. The molecule has 8 heteroatoms. The molecule has 0 aromatic heterocycles. The molecular weight excluding hydrogens is 395 g/mol. The van der Waals surface area contributed by atoms with Gasteiger partial charge in [0, 0.05) is 11.6 Å². The SMILES string of the molecule is CCCNC(=O)[C@@H](Cc1ccccc1)NS(=O)(=O)c1cc(Cl)ccc1Cl. The van der Waals surface area contributed by atoms with Crippen molar-refractivity contribution in [3.05, 3.63) is 64.1 Å². The number of carbonyl (C=O) groups excluding carboxylic acids is 1. The van der Waals surface area contributed by atoms with Gasteiger partial charge in [-0.25, -0.2) is 8.42 Å². The molecular formula is C18H20Cl2N2O3S. The van der Waals surface area contributed by atoms with Crippen LogP contribution in [0.3, 0.4) is 0 Å². The van der Waals surface area contributed by atoms with E-state index >= 15 is 0 Å². The molecule has 2 aromatic rings. The summed E-state index contributed by atoms with van der Waals surface area (Å²) in [6, 6.07) is 12.4. The van der Waals surface area contributed by atoms with Gasteiger partial charge in [-0.05, 0) is 36.6 Å². The van der Waals surface area contributed by atoms with Gasteiger partial charge in [-0.1, -0.05) is 60.5 Å². The fraction of sp³-hybridized carbons (Fsp3) is 0.278. The summed E-state index contributed by atoms with van der Waals surface area (Å²) in [6.45, 7) is 2.38. The highest BCUT2D eigenvalue weighted by Gasteiger charge is 2.27. The van der Waals surface area contributed by atoms with E-state index in [9.17, 15) is 13.2 Å². The van der Waals surface area contributed by atoms with Gasteiger partial charge in [-0.15, -0.1) is 0 Å². The first-order valence-corrected chi connectivity index (χ1v) is 10.4. The summed E-state index contributed by atoms with van der Waals surface area (Å²) in [7, 11) is -4.03. The number of nitrogens with one attached hydrogen (secondary N) is 2. The Morgan fingerprint density at radius 3 is 2.46 bits per heavy atom. The fourth-order valence-electron chi connectivity index (χ4n) is 2.34. The van der Waals surface area contributed by atoms with Gasteiger partial charge in [0.15, 0.2) is 0 Å². The second kappa shape index (κ2) is 9.37. The first kappa shape index (κ1) is 20.7. The van der Waals surface area contributed by atoms with Gasteiger partial charge < -0.3 is 5.32 Å².